The Morgan fingerprint density at radius 1 is 1.18 bits per heavy atom. The lowest BCUT2D eigenvalue weighted by atomic mass is 9.75. The van der Waals surface area contributed by atoms with Gasteiger partial charge in [0.1, 0.15) is 0 Å². The predicted molar refractivity (Wildman–Crippen MR) is 74.3 cm³/mol. The summed E-state index contributed by atoms with van der Waals surface area (Å²) in [5, 5.41) is 3.62. The molecule has 1 unspecified atom stereocenters. The summed E-state index contributed by atoms with van der Waals surface area (Å²) in [6.07, 6.45) is 10.1. The normalized spacial score (nSPS) is 30.4. The minimum absolute atomic E-state index is 0.617. The van der Waals surface area contributed by atoms with Crippen LogP contribution in [-0.4, -0.2) is 37.1 Å². The van der Waals surface area contributed by atoms with Gasteiger partial charge in [0.2, 0.25) is 0 Å². The number of likely N-dealkylation sites (tertiary alicyclic amines) is 1. The Morgan fingerprint density at radius 3 is 2.65 bits per heavy atom. The monoisotopic (exact) mass is 238 g/mol. The van der Waals surface area contributed by atoms with Gasteiger partial charge in [-0.25, -0.2) is 0 Å². The molecule has 2 fully saturated rings. The summed E-state index contributed by atoms with van der Waals surface area (Å²) in [6, 6.07) is 0.751. The van der Waals surface area contributed by atoms with Gasteiger partial charge in [0.25, 0.3) is 0 Å². The van der Waals surface area contributed by atoms with Crippen LogP contribution in [-0.2, 0) is 0 Å². The lowest BCUT2D eigenvalue weighted by Crippen LogP contribution is -2.49. The Kier molecular flexibility index (Phi) is 4.87. The number of nitrogens with one attached hydrogen (secondary N) is 1. The molecule has 1 heterocycles. The molecule has 100 valence electrons. The molecule has 0 aromatic carbocycles. The van der Waals surface area contributed by atoms with E-state index in [-0.39, 0.29) is 0 Å². The van der Waals surface area contributed by atoms with E-state index in [9.17, 15) is 0 Å². The topological polar surface area (TPSA) is 15.3 Å². The smallest absolute Gasteiger partial charge is 0.0195 e. The Hall–Kier alpha value is -0.0800. The number of hydrogen-bond acceptors (Lipinski definition) is 2. The van der Waals surface area contributed by atoms with E-state index >= 15 is 0 Å². The van der Waals surface area contributed by atoms with Crippen LogP contribution in [0.15, 0.2) is 0 Å². The van der Waals surface area contributed by atoms with Gasteiger partial charge in [-0.05, 0) is 44.2 Å². The summed E-state index contributed by atoms with van der Waals surface area (Å²) < 4.78 is 0. The summed E-state index contributed by atoms with van der Waals surface area (Å²) in [6.45, 7) is 9.82. The third-order valence-corrected chi connectivity index (χ3v) is 4.66. The van der Waals surface area contributed by atoms with Crippen molar-refractivity contribution in [3.05, 3.63) is 0 Å². The zero-order valence-corrected chi connectivity index (χ0v) is 11.8. The van der Waals surface area contributed by atoms with Gasteiger partial charge in [-0.1, -0.05) is 33.1 Å². The molecule has 1 atom stereocenters. The summed E-state index contributed by atoms with van der Waals surface area (Å²) in [5.74, 6) is 0. The van der Waals surface area contributed by atoms with Crippen LogP contribution in [0.3, 0.4) is 0 Å². The first-order chi connectivity index (χ1) is 8.22. The van der Waals surface area contributed by atoms with Gasteiger partial charge in [-0.15, -0.1) is 0 Å². The quantitative estimate of drug-likeness (QED) is 0.810. The third-order valence-electron chi connectivity index (χ3n) is 4.66. The Labute approximate surface area is 107 Å². The molecule has 2 heteroatoms. The molecule has 2 aliphatic rings. The summed E-state index contributed by atoms with van der Waals surface area (Å²) in [4.78, 5) is 2.72. The standard InChI is InChI=1S/C15H30N2/c1-3-16-14-8-7-11-17(12-14)13-15(2)9-5-4-6-10-15/h14,16H,3-13H2,1-2H3. The Balaban J connectivity index is 1.81. The highest BCUT2D eigenvalue weighted by Crippen LogP contribution is 2.36. The van der Waals surface area contributed by atoms with Crippen molar-refractivity contribution in [3.63, 3.8) is 0 Å². The van der Waals surface area contributed by atoms with E-state index in [0.29, 0.717) is 5.41 Å². The number of rotatable bonds is 4. The number of piperidine rings is 1. The Morgan fingerprint density at radius 2 is 1.94 bits per heavy atom. The summed E-state index contributed by atoms with van der Waals surface area (Å²) >= 11 is 0. The van der Waals surface area contributed by atoms with E-state index in [1.807, 2.05) is 0 Å². The van der Waals surface area contributed by atoms with Crippen molar-refractivity contribution in [2.75, 3.05) is 26.2 Å². The van der Waals surface area contributed by atoms with Crippen LogP contribution in [0.2, 0.25) is 0 Å². The molecule has 2 rings (SSSR count). The molecule has 1 aliphatic heterocycles. The molecule has 17 heavy (non-hydrogen) atoms. The average molecular weight is 238 g/mol. The van der Waals surface area contributed by atoms with Crippen LogP contribution in [0, 0.1) is 5.41 Å². The minimum atomic E-state index is 0.617. The second-order valence-electron chi connectivity index (χ2n) is 6.50. The van der Waals surface area contributed by atoms with Crippen molar-refractivity contribution in [2.24, 2.45) is 5.41 Å². The summed E-state index contributed by atoms with van der Waals surface area (Å²) in [7, 11) is 0. The van der Waals surface area contributed by atoms with Crippen LogP contribution in [0.1, 0.15) is 58.8 Å². The van der Waals surface area contributed by atoms with Crippen LogP contribution in [0.25, 0.3) is 0 Å². The summed E-state index contributed by atoms with van der Waals surface area (Å²) in [5.41, 5.74) is 0.617. The van der Waals surface area contributed by atoms with Crippen molar-refractivity contribution in [3.8, 4) is 0 Å². The fourth-order valence-electron chi connectivity index (χ4n) is 3.76. The fraction of sp³-hybridized carbons (Fsp3) is 1.00. The first-order valence-corrected chi connectivity index (χ1v) is 7.68. The highest BCUT2D eigenvalue weighted by Gasteiger charge is 2.30. The first kappa shape index (κ1) is 13.4. The van der Waals surface area contributed by atoms with Gasteiger partial charge in [0, 0.05) is 19.1 Å². The lowest BCUT2D eigenvalue weighted by molar-refractivity contribution is 0.0943. The van der Waals surface area contributed by atoms with Gasteiger partial charge in [-0.3, -0.25) is 0 Å². The molecule has 2 nitrogen and oxygen atoms in total. The molecule has 0 aromatic heterocycles. The van der Waals surface area contributed by atoms with Crippen molar-refractivity contribution >= 4 is 0 Å². The molecule has 0 bridgehead atoms. The molecule has 0 amide bonds. The maximum atomic E-state index is 3.62. The Bertz CT molecular complexity index is 219. The SMILES string of the molecule is CCNC1CCCN(CC2(C)CCCCC2)C1. The van der Waals surface area contributed by atoms with Gasteiger partial charge in [0.15, 0.2) is 0 Å². The zero-order valence-electron chi connectivity index (χ0n) is 11.8. The largest absolute Gasteiger partial charge is 0.313 e. The van der Waals surface area contributed by atoms with E-state index < -0.39 is 0 Å². The highest BCUT2D eigenvalue weighted by molar-refractivity contribution is 4.85. The van der Waals surface area contributed by atoms with E-state index in [1.54, 1.807) is 0 Å². The molecule has 1 saturated heterocycles. The highest BCUT2D eigenvalue weighted by atomic mass is 15.2. The third kappa shape index (κ3) is 3.96. The molecule has 1 aliphatic carbocycles. The fourth-order valence-corrected chi connectivity index (χ4v) is 3.76. The zero-order chi connectivity index (χ0) is 12.1. The maximum absolute atomic E-state index is 3.62. The lowest BCUT2D eigenvalue weighted by Gasteiger charge is -2.41. The van der Waals surface area contributed by atoms with E-state index in [0.717, 1.165) is 12.6 Å². The van der Waals surface area contributed by atoms with E-state index in [2.05, 4.69) is 24.1 Å². The van der Waals surface area contributed by atoms with Crippen molar-refractivity contribution in [1.82, 2.24) is 10.2 Å². The molecular weight excluding hydrogens is 208 g/mol. The molecule has 1 N–H and O–H groups in total. The van der Waals surface area contributed by atoms with Crippen molar-refractivity contribution < 1.29 is 0 Å². The van der Waals surface area contributed by atoms with Gasteiger partial charge in [-0.2, -0.15) is 0 Å². The maximum Gasteiger partial charge on any atom is 0.0195 e. The number of likely N-dealkylation sites (N-methyl/N-ethyl adjacent to an activating group) is 1. The van der Waals surface area contributed by atoms with Crippen LogP contribution in [0.4, 0.5) is 0 Å². The molecule has 0 aromatic rings. The number of nitrogens with zero attached hydrogens (tertiary/aromatic N) is 1. The average Bonchev–Trinajstić information content (AvgIpc) is 2.30. The van der Waals surface area contributed by atoms with Crippen molar-refractivity contribution in [1.29, 1.82) is 0 Å². The van der Waals surface area contributed by atoms with Gasteiger partial charge in [0.05, 0.1) is 0 Å². The predicted octanol–water partition coefficient (Wildman–Crippen LogP) is 3.03. The second kappa shape index (κ2) is 6.19. The molecule has 1 saturated carbocycles. The second-order valence-corrected chi connectivity index (χ2v) is 6.50. The van der Waals surface area contributed by atoms with Crippen LogP contribution >= 0.6 is 0 Å². The first-order valence-electron chi connectivity index (χ1n) is 7.68. The molecule has 0 radical (unpaired) electrons. The van der Waals surface area contributed by atoms with Gasteiger partial charge < -0.3 is 10.2 Å². The minimum Gasteiger partial charge on any atom is -0.313 e. The van der Waals surface area contributed by atoms with E-state index in [1.165, 1.54) is 64.6 Å². The molecule has 0 spiro atoms. The van der Waals surface area contributed by atoms with Crippen LogP contribution < -0.4 is 5.32 Å². The van der Waals surface area contributed by atoms with Crippen LogP contribution in [0.5, 0.6) is 0 Å². The molecular formula is C15H30N2. The van der Waals surface area contributed by atoms with Crippen molar-refractivity contribution in [2.45, 2.75) is 64.8 Å². The number of hydrogen-bond donors (Lipinski definition) is 1. The van der Waals surface area contributed by atoms with E-state index in [4.69, 9.17) is 0 Å². The van der Waals surface area contributed by atoms with Gasteiger partial charge >= 0.3 is 0 Å².